The molecule has 112 valence electrons. The van der Waals surface area contributed by atoms with E-state index in [-0.39, 0.29) is 5.84 Å². The summed E-state index contributed by atoms with van der Waals surface area (Å²) in [6.07, 6.45) is 1.71. The Balaban J connectivity index is 2.02. The van der Waals surface area contributed by atoms with Crippen molar-refractivity contribution in [2.75, 3.05) is 0 Å². The fourth-order valence-corrected chi connectivity index (χ4v) is 2.26. The molecule has 0 saturated carbocycles. The zero-order valence-electron chi connectivity index (χ0n) is 12.2. The number of hydrogen-bond acceptors (Lipinski definition) is 4. The van der Waals surface area contributed by atoms with E-state index in [0.717, 1.165) is 16.8 Å². The minimum absolute atomic E-state index is 0.264. The lowest BCUT2D eigenvalue weighted by Gasteiger charge is -2.03. The van der Waals surface area contributed by atoms with Gasteiger partial charge in [-0.15, -0.1) is 0 Å². The van der Waals surface area contributed by atoms with E-state index in [1.165, 1.54) is 0 Å². The van der Waals surface area contributed by atoms with Crippen molar-refractivity contribution in [1.82, 2.24) is 9.78 Å². The third-order valence-corrected chi connectivity index (χ3v) is 3.45. The lowest BCUT2D eigenvalue weighted by atomic mass is 10.1. The summed E-state index contributed by atoms with van der Waals surface area (Å²) >= 11 is 0. The summed E-state index contributed by atoms with van der Waals surface area (Å²) in [7, 11) is 0. The van der Waals surface area contributed by atoms with E-state index in [4.69, 9.17) is 11.6 Å². The van der Waals surface area contributed by atoms with Crippen molar-refractivity contribution in [2.45, 2.75) is 0 Å². The molecule has 0 spiro atoms. The van der Waals surface area contributed by atoms with Crippen LogP contribution in [0.4, 0.5) is 0 Å². The molecular weight excluding hydrogens is 288 g/mol. The zero-order valence-corrected chi connectivity index (χ0v) is 12.2. The number of benzene rings is 2. The number of rotatable bonds is 3. The maximum Gasteiger partial charge on any atom is 0.150 e. The fraction of sp³-hybridized carbons (Fsp3) is 0. The Morgan fingerprint density at radius 2 is 1.78 bits per heavy atom. The summed E-state index contributed by atoms with van der Waals surface area (Å²) in [5.74, 6) is 5.43. The van der Waals surface area contributed by atoms with Crippen LogP contribution in [0.5, 0.6) is 0 Å². The van der Waals surface area contributed by atoms with Gasteiger partial charge in [0.05, 0.1) is 11.3 Å². The number of hydrazone groups is 1. The fourth-order valence-electron chi connectivity index (χ4n) is 2.26. The highest BCUT2D eigenvalue weighted by atomic mass is 15.3. The summed E-state index contributed by atoms with van der Waals surface area (Å²) < 4.78 is 1.67. The molecule has 2 aromatic carbocycles. The Bertz CT molecular complexity index is 885. The average Bonchev–Trinajstić information content (AvgIpc) is 3.06. The first-order valence-corrected chi connectivity index (χ1v) is 6.92. The first kappa shape index (κ1) is 14.4. The number of nitrogens with zero attached hydrogens (tertiary/aromatic N) is 4. The molecular formula is C17H14N6. The minimum atomic E-state index is 0.264. The zero-order chi connectivity index (χ0) is 16.2. The Morgan fingerprint density at radius 3 is 2.39 bits per heavy atom. The summed E-state index contributed by atoms with van der Waals surface area (Å²) in [4.78, 5) is 0. The first-order valence-electron chi connectivity index (χ1n) is 6.92. The summed E-state index contributed by atoms with van der Waals surface area (Å²) in [5.41, 5.74) is 9.29. The largest absolute Gasteiger partial charge is 0.382 e. The molecule has 0 aliphatic rings. The van der Waals surface area contributed by atoms with Crippen LogP contribution >= 0.6 is 0 Å². The molecule has 0 aliphatic heterocycles. The van der Waals surface area contributed by atoms with Crippen molar-refractivity contribution in [3.63, 3.8) is 0 Å². The van der Waals surface area contributed by atoms with E-state index < -0.39 is 0 Å². The molecule has 6 nitrogen and oxygen atoms in total. The van der Waals surface area contributed by atoms with Crippen molar-refractivity contribution in [1.29, 1.82) is 5.26 Å². The predicted molar refractivity (Wildman–Crippen MR) is 88.6 cm³/mol. The molecule has 23 heavy (non-hydrogen) atoms. The SMILES string of the molecule is N#Cc1cn(-c2ccc(/C(N)=N/N)cc2)nc1-c1ccccc1. The molecule has 0 saturated heterocycles. The van der Waals surface area contributed by atoms with Crippen molar-refractivity contribution in [2.24, 2.45) is 16.7 Å². The Hall–Kier alpha value is -3.59. The van der Waals surface area contributed by atoms with Crippen LogP contribution < -0.4 is 11.6 Å². The molecule has 0 unspecified atom stereocenters. The van der Waals surface area contributed by atoms with Gasteiger partial charge in [0, 0.05) is 17.3 Å². The number of nitrogens with two attached hydrogens (primary N) is 2. The van der Waals surface area contributed by atoms with E-state index in [1.807, 2.05) is 42.5 Å². The maximum atomic E-state index is 9.34. The van der Waals surface area contributed by atoms with Crippen LogP contribution in [-0.2, 0) is 0 Å². The Kier molecular flexibility index (Phi) is 3.77. The lowest BCUT2D eigenvalue weighted by Crippen LogP contribution is -2.15. The van der Waals surface area contributed by atoms with Crippen LogP contribution in [-0.4, -0.2) is 15.6 Å². The van der Waals surface area contributed by atoms with E-state index in [1.54, 1.807) is 23.0 Å². The van der Waals surface area contributed by atoms with Gasteiger partial charge in [-0.1, -0.05) is 30.3 Å². The summed E-state index contributed by atoms with van der Waals surface area (Å²) in [5, 5.41) is 17.3. The molecule has 6 heteroatoms. The Morgan fingerprint density at radius 1 is 1.09 bits per heavy atom. The van der Waals surface area contributed by atoms with Crippen molar-refractivity contribution < 1.29 is 0 Å². The smallest absolute Gasteiger partial charge is 0.150 e. The van der Waals surface area contributed by atoms with Gasteiger partial charge in [0.2, 0.25) is 0 Å². The number of amidine groups is 1. The molecule has 4 N–H and O–H groups in total. The van der Waals surface area contributed by atoms with Gasteiger partial charge in [-0.05, 0) is 24.3 Å². The van der Waals surface area contributed by atoms with Gasteiger partial charge in [-0.2, -0.15) is 15.5 Å². The molecule has 0 radical (unpaired) electrons. The van der Waals surface area contributed by atoms with Crippen molar-refractivity contribution in [3.05, 3.63) is 71.9 Å². The molecule has 3 rings (SSSR count). The van der Waals surface area contributed by atoms with Gasteiger partial charge < -0.3 is 11.6 Å². The second kappa shape index (κ2) is 6.03. The highest BCUT2D eigenvalue weighted by Crippen LogP contribution is 2.22. The second-order valence-electron chi connectivity index (χ2n) is 4.87. The molecule has 0 aliphatic carbocycles. The maximum absolute atomic E-state index is 9.34. The van der Waals surface area contributed by atoms with E-state index in [2.05, 4.69) is 16.3 Å². The van der Waals surface area contributed by atoms with Gasteiger partial charge in [0.15, 0.2) is 0 Å². The van der Waals surface area contributed by atoms with Gasteiger partial charge in [0.1, 0.15) is 17.6 Å². The molecule has 3 aromatic rings. The minimum Gasteiger partial charge on any atom is -0.382 e. The number of aromatic nitrogens is 2. The predicted octanol–water partition coefficient (Wildman–Crippen LogP) is 1.99. The van der Waals surface area contributed by atoms with E-state index >= 15 is 0 Å². The third-order valence-electron chi connectivity index (χ3n) is 3.45. The first-order chi connectivity index (χ1) is 11.2. The van der Waals surface area contributed by atoms with E-state index in [0.29, 0.717) is 11.3 Å². The van der Waals surface area contributed by atoms with E-state index in [9.17, 15) is 5.26 Å². The summed E-state index contributed by atoms with van der Waals surface area (Å²) in [6.45, 7) is 0. The number of hydrogen-bond donors (Lipinski definition) is 2. The number of nitriles is 1. The third kappa shape index (κ3) is 2.76. The topological polar surface area (TPSA) is 106 Å². The second-order valence-corrected chi connectivity index (χ2v) is 4.87. The van der Waals surface area contributed by atoms with Gasteiger partial charge in [-0.25, -0.2) is 4.68 Å². The van der Waals surface area contributed by atoms with Crippen LogP contribution in [0.1, 0.15) is 11.1 Å². The Labute approximate surface area is 133 Å². The van der Waals surface area contributed by atoms with Crippen molar-refractivity contribution >= 4 is 5.84 Å². The molecule has 0 bridgehead atoms. The van der Waals surface area contributed by atoms with Gasteiger partial charge in [0.25, 0.3) is 0 Å². The van der Waals surface area contributed by atoms with Gasteiger partial charge >= 0.3 is 0 Å². The quantitative estimate of drug-likeness (QED) is 0.334. The van der Waals surface area contributed by atoms with Crippen LogP contribution in [0.15, 0.2) is 65.9 Å². The van der Waals surface area contributed by atoms with Gasteiger partial charge in [-0.3, -0.25) is 0 Å². The molecule has 0 amide bonds. The van der Waals surface area contributed by atoms with Crippen LogP contribution in [0.3, 0.4) is 0 Å². The highest BCUT2D eigenvalue weighted by Gasteiger charge is 2.11. The van der Waals surface area contributed by atoms with Crippen LogP contribution in [0.25, 0.3) is 16.9 Å². The summed E-state index contributed by atoms with van der Waals surface area (Å²) in [6, 6.07) is 19.1. The lowest BCUT2D eigenvalue weighted by molar-refractivity contribution is 0.884. The normalized spacial score (nSPS) is 11.2. The molecule has 1 heterocycles. The van der Waals surface area contributed by atoms with Crippen LogP contribution in [0.2, 0.25) is 0 Å². The molecule has 0 fully saturated rings. The monoisotopic (exact) mass is 302 g/mol. The standard InChI is InChI=1S/C17H14N6/c18-10-14-11-23(22-16(14)12-4-2-1-3-5-12)15-8-6-13(7-9-15)17(19)21-20/h1-9,11H,20H2,(H2,19,21). The van der Waals surface area contributed by atoms with Crippen LogP contribution in [0, 0.1) is 11.3 Å². The van der Waals surface area contributed by atoms with Crippen molar-refractivity contribution in [3.8, 4) is 23.0 Å². The highest BCUT2D eigenvalue weighted by molar-refractivity contribution is 5.97. The molecule has 1 aromatic heterocycles. The average molecular weight is 302 g/mol. The molecule has 0 atom stereocenters.